The highest BCUT2D eigenvalue weighted by atomic mass is 35.5. The summed E-state index contributed by atoms with van der Waals surface area (Å²) in [6, 6.07) is 1.90. The van der Waals surface area contributed by atoms with Crippen LogP contribution in [-0.2, 0) is 11.0 Å². The van der Waals surface area contributed by atoms with Crippen molar-refractivity contribution in [2.24, 2.45) is 0 Å². The Labute approximate surface area is 148 Å². The van der Waals surface area contributed by atoms with Gasteiger partial charge in [0.05, 0.1) is 10.6 Å². The number of hydrogen-bond acceptors (Lipinski definition) is 3. The molecule has 0 saturated carbocycles. The molecule has 0 fully saturated rings. The first-order chi connectivity index (χ1) is 12.1. The number of anilines is 2. The van der Waals surface area contributed by atoms with Crippen LogP contribution >= 0.6 is 11.6 Å². The number of benzene rings is 1. The molecular formula is C15H10ClF6N3O. The van der Waals surface area contributed by atoms with E-state index in [1.54, 1.807) is 0 Å². The fourth-order valence-corrected chi connectivity index (χ4v) is 2.10. The predicted octanol–water partition coefficient (Wildman–Crippen LogP) is 4.61. The van der Waals surface area contributed by atoms with Crippen LogP contribution in [0.2, 0.25) is 5.02 Å². The third kappa shape index (κ3) is 5.01. The SMILES string of the molecule is O=C(CCNc1ncc(C(F)(F)F)cc1Cl)Nc1cc(F)c(F)c(F)c1. The van der Waals surface area contributed by atoms with E-state index in [0.717, 1.165) is 0 Å². The van der Waals surface area contributed by atoms with E-state index in [9.17, 15) is 31.1 Å². The largest absolute Gasteiger partial charge is 0.417 e. The highest BCUT2D eigenvalue weighted by Crippen LogP contribution is 2.32. The van der Waals surface area contributed by atoms with Gasteiger partial charge in [0.1, 0.15) is 5.82 Å². The van der Waals surface area contributed by atoms with E-state index in [1.165, 1.54) is 0 Å². The molecule has 1 aromatic carbocycles. The van der Waals surface area contributed by atoms with E-state index in [0.29, 0.717) is 24.4 Å². The normalized spacial score (nSPS) is 11.3. The first-order valence-corrected chi connectivity index (χ1v) is 7.36. The number of halogens is 7. The van der Waals surface area contributed by atoms with E-state index in [4.69, 9.17) is 11.6 Å². The first kappa shape index (κ1) is 19.8. The molecule has 140 valence electrons. The molecule has 0 unspecified atom stereocenters. The third-order valence-corrected chi connectivity index (χ3v) is 3.37. The van der Waals surface area contributed by atoms with Crippen molar-refractivity contribution in [2.45, 2.75) is 12.6 Å². The number of aromatic nitrogens is 1. The lowest BCUT2D eigenvalue weighted by molar-refractivity contribution is -0.137. The van der Waals surface area contributed by atoms with Crippen molar-refractivity contribution < 1.29 is 31.1 Å². The van der Waals surface area contributed by atoms with E-state index in [-0.39, 0.29) is 29.5 Å². The van der Waals surface area contributed by atoms with Gasteiger partial charge in [0, 0.05) is 37.0 Å². The second kappa shape index (κ2) is 7.81. The molecule has 0 spiro atoms. The van der Waals surface area contributed by atoms with Crippen molar-refractivity contribution in [3.63, 3.8) is 0 Å². The molecule has 0 radical (unpaired) electrons. The van der Waals surface area contributed by atoms with E-state index in [1.807, 2.05) is 0 Å². The molecule has 26 heavy (non-hydrogen) atoms. The molecule has 2 rings (SSSR count). The molecule has 0 saturated heterocycles. The minimum atomic E-state index is -4.59. The fourth-order valence-electron chi connectivity index (χ4n) is 1.87. The summed E-state index contributed by atoms with van der Waals surface area (Å²) in [5.41, 5.74) is -1.30. The number of nitrogens with one attached hydrogen (secondary N) is 2. The molecule has 2 aromatic rings. The van der Waals surface area contributed by atoms with Crippen LogP contribution < -0.4 is 10.6 Å². The summed E-state index contributed by atoms with van der Waals surface area (Å²) < 4.78 is 76.4. The average Bonchev–Trinajstić information content (AvgIpc) is 2.53. The van der Waals surface area contributed by atoms with Crippen LogP contribution in [0.3, 0.4) is 0 Å². The van der Waals surface area contributed by atoms with E-state index >= 15 is 0 Å². The molecule has 1 amide bonds. The number of rotatable bonds is 5. The number of carbonyl (C=O) groups is 1. The standard InChI is InChI=1S/C15H10ClF6N3O/c16-9-3-7(15(20,21)22)6-24-14(9)23-2-1-12(26)25-8-4-10(17)13(19)11(18)5-8/h3-6H,1-2H2,(H,23,24)(H,25,26). The fraction of sp³-hybridized carbons (Fsp3) is 0.200. The van der Waals surface area contributed by atoms with Gasteiger partial charge in [-0.15, -0.1) is 0 Å². The highest BCUT2D eigenvalue weighted by Gasteiger charge is 2.31. The Morgan fingerprint density at radius 2 is 1.73 bits per heavy atom. The van der Waals surface area contributed by atoms with E-state index < -0.39 is 35.1 Å². The number of nitrogens with zero attached hydrogens (tertiary/aromatic N) is 1. The third-order valence-electron chi connectivity index (χ3n) is 3.08. The topological polar surface area (TPSA) is 54.0 Å². The van der Waals surface area contributed by atoms with Crippen molar-refractivity contribution in [1.82, 2.24) is 4.98 Å². The summed E-state index contributed by atoms with van der Waals surface area (Å²) in [6.45, 7) is -0.0733. The zero-order valence-electron chi connectivity index (χ0n) is 12.7. The molecule has 0 bridgehead atoms. The number of alkyl halides is 3. The summed E-state index contributed by atoms with van der Waals surface area (Å²) in [6.07, 6.45) is -4.23. The maximum Gasteiger partial charge on any atom is 0.417 e. The quantitative estimate of drug-likeness (QED) is 0.572. The minimum Gasteiger partial charge on any atom is -0.368 e. The van der Waals surface area contributed by atoms with Gasteiger partial charge in [0.2, 0.25) is 5.91 Å². The second-order valence-corrected chi connectivity index (χ2v) is 5.44. The predicted molar refractivity (Wildman–Crippen MR) is 82.3 cm³/mol. The maximum atomic E-state index is 13.0. The smallest absolute Gasteiger partial charge is 0.368 e. The van der Waals surface area contributed by atoms with Gasteiger partial charge in [-0.05, 0) is 6.07 Å². The van der Waals surface area contributed by atoms with Crippen LogP contribution in [-0.4, -0.2) is 17.4 Å². The molecule has 1 aromatic heterocycles. The van der Waals surface area contributed by atoms with Gasteiger partial charge in [-0.3, -0.25) is 4.79 Å². The van der Waals surface area contributed by atoms with Gasteiger partial charge in [0.15, 0.2) is 17.5 Å². The summed E-state index contributed by atoms with van der Waals surface area (Å²) in [7, 11) is 0. The van der Waals surface area contributed by atoms with Gasteiger partial charge >= 0.3 is 6.18 Å². The van der Waals surface area contributed by atoms with Crippen molar-refractivity contribution in [2.75, 3.05) is 17.2 Å². The molecule has 0 aliphatic rings. The number of hydrogen-bond donors (Lipinski definition) is 2. The molecule has 4 nitrogen and oxygen atoms in total. The summed E-state index contributed by atoms with van der Waals surface area (Å²) in [5, 5.41) is 4.42. The van der Waals surface area contributed by atoms with Crippen LogP contribution in [0.4, 0.5) is 37.8 Å². The zero-order valence-corrected chi connectivity index (χ0v) is 13.5. The van der Waals surface area contributed by atoms with E-state index in [2.05, 4.69) is 15.6 Å². The lowest BCUT2D eigenvalue weighted by Gasteiger charge is -2.11. The summed E-state index contributed by atoms with van der Waals surface area (Å²) >= 11 is 5.69. The molecule has 2 N–H and O–H groups in total. The Hall–Kier alpha value is -2.49. The van der Waals surface area contributed by atoms with Crippen molar-refractivity contribution in [1.29, 1.82) is 0 Å². The monoisotopic (exact) mass is 397 g/mol. The molecule has 0 atom stereocenters. The lowest BCUT2D eigenvalue weighted by atomic mass is 10.2. The Kier molecular flexibility index (Phi) is 5.96. The Balaban J connectivity index is 1.91. The van der Waals surface area contributed by atoms with Gasteiger partial charge in [-0.2, -0.15) is 13.2 Å². The van der Waals surface area contributed by atoms with Gasteiger partial charge in [0.25, 0.3) is 0 Å². The maximum absolute atomic E-state index is 13.0. The Morgan fingerprint density at radius 3 is 2.27 bits per heavy atom. The first-order valence-electron chi connectivity index (χ1n) is 6.99. The van der Waals surface area contributed by atoms with Gasteiger partial charge < -0.3 is 10.6 Å². The summed E-state index contributed by atoms with van der Waals surface area (Å²) in [5.74, 6) is -5.32. The highest BCUT2D eigenvalue weighted by molar-refractivity contribution is 6.32. The van der Waals surface area contributed by atoms with Gasteiger partial charge in [-0.25, -0.2) is 18.2 Å². The van der Waals surface area contributed by atoms with Crippen molar-refractivity contribution in [3.05, 3.63) is 52.4 Å². The zero-order chi connectivity index (χ0) is 19.5. The molecule has 0 aliphatic carbocycles. The number of amides is 1. The molecule has 1 heterocycles. The number of carbonyl (C=O) groups excluding carboxylic acids is 1. The lowest BCUT2D eigenvalue weighted by Crippen LogP contribution is -2.17. The second-order valence-electron chi connectivity index (χ2n) is 5.03. The average molecular weight is 398 g/mol. The summed E-state index contributed by atoms with van der Waals surface area (Å²) in [4.78, 5) is 15.2. The van der Waals surface area contributed by atoms with Crippen LogP contribution in [0.15, 0.2) is 24.4 Å². The minimum absolute atomic E-state index is 0.0636. The van der Waals surface area contributed by atoms with Crippen molar-refractivity contribution in [3.8, 4) is 0 Å². The number of pyridine rings is 1. The van der Waals surface area contributed by atoms with Gasteiger partial charge in [-0.1, -0.05) is 11.6 Å². The van der Waals surface area contributed by atoms with Crippen molar-refractivity contribution >= 4 is 29.0 Å². The molecule has 11 heteroatoms. The molecular weight excluding hydrogens is 388 g/mol. The van der Waals surface area contributed by atoms with Crippen LogP contribution in [0.5, 0.6) is 0 Å². The Morgan fingerprint density at radius 1 is 1.12 bits per heavy atom. The Bertz CT molecular complexity index is 805. The molecule has 0 aliphatic heterocycles. The van der Waals surface area contributed by atoms with Crippen LogP contribution in [0.25, 0.3) is 0 Å². The van der Waals surface area contributed by atoms with Crippen LogP contribution in [0, 0.1) is 17.5 Å². The van der Waals surface area contributed by atoms with Crippen LogP contribution in [0.1, 0.15) is 12.0 Å².